The minimum absolute atomic E-state index is 0.105. The van der Waals surface area contributed by atoms with E-state index in [1.165, 1.54) is 0 Å². The highest BCUT2D eigenvalue weighted by molar-refractivity contribution is 6.13. The SMILES string of the molecule is COc1cc(C2CC(=O)Oc3ccc4c(c32)OC(=C(C)C)C4=O)cc2c1OCCO2. The second kappa shape index (κ2) is 6.79. The van der Waals surface area contributed by atoms with E-state index in [1.54, 1.807) is 19.2 Å². The maximum Gasteiger partial charge on any atom is 0.312 e. The lowest BCUT2D eigenvalue weighted by Gasteiger charge is -2.28. The van der Waals surface area contributed by atoms with Gasteiger partial charge in [0.1, 0.15) is 24.7 Å². The minimum Gasteiger partial charge on any atom is -0.493 e. The summed E-state index contributed by atoms with van der Waals surface area (Å²) in [7, 11) is 1.56. The molecule has 0 spiro atoms. The van der Waals surface area contributed by atoms with E-state index in [4.69, 9.17) is 23.7 Å². The fourth-order valence-electron chi connectivity index (χ4n) is 4.10. The Morgan fingerprint density at radius 2 is 1.80 bits per heavy atom. The van der Waals surface area contributed by atoms with Gasteiger partial charge >= 0.3 is 5.97 Å². The molecule has 1 unspecified atom stereocenters. The predicted octanol–water partition coefficient (Wildman–Crippen LogP) is 3.78. The van der Waals surface area contributed by atoms with Crippen molar-refractivity contribution in [2.45, 2.75) is 26.2 Å². The molecule has 0 amide bonds. The van der Waals surface area contributed by atoms with Crippen LogP contribution in [-0.2, 0) is 4.79 Å². The summed E-state index contributed by atoms with van der Waals surface area (Å²) in [6.07, 6.45) is 0.105. The van der Waals surface area contributed by atoms with E-state index in [1.807, 2.05) is 26.0 Å². The van der Waals surface area contributed by atoms with E-state index in [0.29, 0.717) is 58.8 Å². The summed E-state index contributed by atoms with van der Waals surface area (Å²) in [5, 5.41) is 0. The van der Waals surface area contributed by atoms with Crippen LogP contribution in [-0.4, -0.2) is 32.1 Å². The molecule has 2 aromatic rings. The highest BCUT2D eigenvalue weighted by atomic mass is 16.6. The zero-order valence-corrected chi connectivity index (χ0v) is 16.9. The van der Waals surface area contributed by atoms with Crippen molar-refractivity contribution in [1.29, 1.82) is 0 Å². The number of rotatable bonds is 2. The largest absolute Gasteiger partial charge is 0.493 e. The fourth-order valence-corrected chi connectivity index (χ4v) is 4.10. The molecule has 0 N–H and O–H groups in total. The molecular weight excluding hydrogens is 388 g/mol. The van der Waals surface area contributed by atoms with Crippen LogP contribution in [0.1, 0.15) is 47.7 Å². The van der Waals surface area contributed by atoms with Crippen LogP contribution in [0.4, 0.5) is 0 Å². The fraction of sp³-hybridized carbons (Fsp3) is 0.304. The van der Waals surface area contributed by atoms with Crippen molar-refractivity contribution in [1.82, 2.24) is 0 Å². The summed E-state index contributed by atoms with van der Waals surface area (Å²) >= 11 is 0. The molecule has 0 bridgehead atoms. The zero-order chi connectivity index (χ0) is 21.0. The Morgan fingerprint density at radius 1 is 1.00 bits per heavy atom. The van der Waals surface area contributed by atoms with Crippen LogP contribution < -0.4 is 23.7 Å². The Labute approximate surface area is 173 Å². The number of methoxy groups -OCH3 is 1. The normalized spacial score (nSPS) is 18.9. The number of fused-ring (bicyclic) bond motifs is 4. The number of allylic oxidation sites excluding steroid dienone is 2. The molecule has 5 rings (SSSR count). The van der Waals surface area contributed by atoms with Gasteiger partial charge in [-0.05, 0) is 49.2 Å². The predicted molar refractivity (Wildman–Crippen MR) is 106 cm³/mol. The second-order valence-corrected chi connectivity index (χ2v) is 7.59. The summed E-state index contributed by atoms with van der Waals surface area (Å²) in [5.74, 6) is 1.88. The van der Waals surface area contributed by atoms with Crippen molar-refractivity contribution in [2.24, 2.45) is 0 Å². The molecule has 0 radical (unpaired) electrons. The summed E-state index contributed by atoms with van der Waals surface area (Å²) in [6, 6.07) is 6.98. The first-order chi connectivity index (χ1) is 14.5. The van der Waals surface area contributed by atoms with Crippen molar-refractivity contribution in [3.8, 4) is 28.7 Å². The van der Waals surface area contributed by atoms with E-state index in [-0.39, 0.29) is 24.1 Å². The first kappa shape index (κ1) is 18.5. The molecule has 0 aromatic heterocycles. The Hall–Kier alpha value is -3.48. The third-order valence-corrected chi connectivity index (χ3v) is 5.46. The second-order valence-electron chi connectivity index (χ2n) is 7.59. The number of carbonyl (C=O) groups excluding carboxylic acids is 2. The topological polar surface area (TPSA) is 80.3 Å². The van der Waals surface area contributed by atoms with Gasteiger partial charge in [-0.25, -0.2) is 0 Å². The average Bonchev–Trinajstić information content (AvgIpc) is 3.09. The number of Topliss-reactive ketones (excluding diaryl/α,β-unsaturated/α-hetero) is 1. The number of hydrogen-bond donors (Lipinski definition) is 0. The molecule has 7 heteroatoms. The maximum atomic E-state index is 12.8. The van der Waals surface area contributed by atoms with Crippen molar-refractivity contribution >= 4 is 11.8 Å². The van der Waals surface area contributed by atoms with E-state index in [0.717, 1.165) is 11.1 Å². The van der Waals surface area contributed by atoms with E-state index >= 15 is 0 Å². The van der Waals surface area contributed by atoms with Crippen LogP contribution in [0.3, 0.4) is 0 Å². The Balaban J connectivity index is 1.70. The Morgan fingerprint density at radius 3 is 2.57 bits per heavy atom. The average molecular weight is 408 g/mol. The summed E-state index contributed by atoms with van der Waals surface area (Å²) < 4.78 is 28.4. The van der Waals surface area contributed by atoms with Crippen molar-refractivity contribution in [3.05, 3.63) is 52.3 Å². The highest BCUT2D eigenvalue weighted by Crippen LogP contribution is 2.51. The molecule has 154 valence electrons. The van der Waals surface area contributed by atoms with Gasteiger partial charge in [-0.15, -0.1) is 0 Å². The molecule has 1 atom stereocenters. The molecule has 0 aliphatic carbocycles. The van der Waals surface area contributed by atoms with Gasteiger partial charge in [0.25, 0.3) is 0 Å². The molecule has 3 aliphatic heterocycles. The van der Waals surface area contributed by atoms with Gasteiger partial charge in [0.05, 0.1) is 19.1 Å². The van der Waals surface area contributed by atoms with Crippen molar-refractivity contribution in [2.75, 3.05) is 20.3 Å². The first-order valence-corrected chi connectivity index (χ1v) is 9.73. The van der Waals surface area contributed by atoms with Gasteiger partial charge < -0.3 is 23.7 Å². The van der Waals surface area contributed by atoms with Crippen LogP contribution in [0, 0.1) is 0 Å². The Kier molecular flexibility index (Phi) is 4.20. The quantitative estimate of drug-likeness (QED) is 0.425. The summed E-state index contributed by atoms with van der Waals surface area (Å²) in [6.45, 7) is 4.53. The van der Waals surface area contributed by atoms with Crippen molar-refractivity contribution in [3.63, 3.8) is 0 Å². The van der Waals surface area contributed by atoms with Gasteiger partial charge in [-0.2, -0.15) is 0 Å². The van der Waals surface area contributed by atoms with E-state index < -0.39 is 0 Å². The van der Waals surface area contributed by atoms with Gasteiger partial charge in [-0.3, -0.25) is 9.59 Å². The van der Waals surface area contributed by atoms with Gasteiger partial charge in [0, 0.05) is 11.5 Å². The molecule has 0 saturated carbocycles. The van der Waals surface area contributed by atoms with Gasteiger partial charge in [-0.1, -0.05) is 0 Å². The first-order valence-electron chi connectivity index (χ1n) is 9.73. The molecule has 7 nitrogen and oxygen atoms in total. The molecular formula is C23H20O7. The lowest BCUT2D eigenvalue weighted by Crippen LogP contribution is -2.22. The molecule has 30 heavy (non-hydrogen) atoms. The monoisotopic (exact) mass is 408 g/mol. The third-order valence-electron chi connectivity index (χ3n) is 5.46. The van der Waals surface area contributed by atoms with Gasteiger partial charge in [0.2, 0.25) is 11.5 Å². The summed E-state index contributed by atoms with van der Waals surface area (Å²) in [5.41, 5.74) is 2.73. The maximum absolute atomic E-state index is 12.8. The number of carbonyl (C=O) groups is 2. The van der Waals surface area contributed by atoms with E-state index in [9.17, 15) is 9.59 Å². The van der Waals surface area contributed by atoms with Crippen molar-refractivity contribution < 1.29 is 33.3 Å². The third kappa shape index (κ3) is 2.73. The van der Waals surface area contributed by atoms with Crippen LogP contribution in [0.25, 0.3) is 0 Å². The molecule has 0 fully saturated rings. The molecule has 3 heterocycles. The standard InChI is InChI=1S/C23H20O7/c1-11(2)21-20(25)13-4-5-15-19(22(13)30-21)14(10-18(24)29-15)12-8-16(26-3)23-17(9-12)27-6-7-28-23/h4-5,8-9,14H,6-7,10H2,1-3H3. The Bertz CT molecular complexity index is 1110. The number of benzene rings is 2. The smallest absolute Gasteiger partial charge is 0.312 e. The van der Waals surface area contributed by atoms with Crippen LogP contribution in [0.5, 0.6) is 28.7 Å². The van der Waals surface area contributed by atoms with Crippen LogP contribution in [0.15, 0.2) is 35.6 Å². The molecule has 0 saturated heterocycles. The lowest BCUT2D eigenvalue weighted by molar-refractivity contribution is -0.135. The number of ether oxygens (including phenoxy) is 5. The molecule has 2 aromatic carbocycles. The highest BCUT2D eigenvalue weighted by Gasteiger charge is 2.39. The molecule has 3 aliphatic rings. The lowest BCUT2D eigenvalue weighted by atomic mass is 9.84. The van der Waals surface area contributed by atoms with Crippen LogP contribution in [0.2, 0.25) is 0 Å². The van der Waals surface area contributed by atoms with E-state index in [2.05, 4.69) is 0 Å². The minimum atomic E-state index is -0.384. The van der Waals surface area contributed by atoms with Gasteiger partial charge in [0.15, 0.2) is 17.3 Å². The number of esters is 1. The zero-order valence-electron chi connectivity index (χ0n) is 16.9. The van der Waals surface area contributed by atoms with Crippen LogP contribution >= 0.6 is 0 Å². The summed E-state index contributed by atoms with van der Waals surface area (Å²) in [4.78, 5) is 25.1. The number of hydrogen-bond acceptors (Lipinski definition) is 7. The number of ketones is 1.